The van der Waals surface area contributed by atoms with Crippen molar-refractivity contribution in [2.45, 2.75) is 50.1 Å². The monoisotopic (exact) mass is 594 g/mol. The highest BCUT2D eigenvalue weighted by Crippen LogP contribution is 2.33. The quantitative estimate of drug-likeness (QED) is 0.527. The predicted octanol–water partition coefficient (Wildman–Crippen LogP) is 1.32. The third-order valence-corrected chi connectivity index (χ3v) is 8.40. The number of benzene rings is 2. The fraction of sp³-hybridized carbons (Fsp3) is 0.516. The summed E-state index contributed by atoms with van der Waals surface area (Å²) in [7, 11) is 1.47. The predicted molar refractivity (Wildman–Crippen MR) is 154 cm³/mol. The zero-order valence-electron chi connectivity index (χ0n) is 24.3. The summed E-state index contributed by atoms with van der Waals surface area (Å²) in [6, 6.07) is 12.0. The Labute approximate surface area is 250 Å². The van der Waals surface area contributed by atoms with E-state index >= 15 is 0 Å². The average Bonchev–Trinajstić information content (AvgIpc) is 3.48. The van der Waals surface area contributed by atoms with Crippen LogP contribution in [0.2, 0.25) is 0 Å². The number of hydrogen-bond donors (Lipinski definition) is 2. The Morgan fingerprint density at radius 2 is 1.88 bits per heavy atom. The lowest BCUT2D eigenvalue weighted by molar-refractivity contribution is -0.132. The molecule has 3 amide bonds. The number of hydrogen-bond acceptors (Lipinski definition) is 9. The minimum Gasteiger partial charge on any atom is -0.493 e. The topological polar surface area (TPSA) is 128 Å². The molecule has 4 aliphatic rings. The van der Waals surface area contributed by atoms with Crippen molar-refractivity contribution in [3.63, 3.8) is 0 Å². The maximum Gasteiger partial charge on any atom is 0.258 e. The van der Waals surface area contributed by atoms with Gasteiger partial charge in [-0.3, -0.25) is 19.3 Å². The number of methoxy groups -OCH3 is 1. The number of rotatable bonds is 5. The molecule has 2 N–H and O–H groups in total. The van der Waals surface area contributed by atoms with Crippen LogP contribution in [0.1, 0.15) is 35.2 Å². The van der Waals surface area contributed by atoms with Crippen molar-refractivity contribution in [2.24, 2.45) is 0 Å². The molecule has 0 aromatic heterocycles. The fourth-order valence-electron chi connectivity index (χ4n) is 6.20. The molecule has 2 saturated heterocycles. The number of nitrogens with one attached hydrogen (secondary N) is 2. The van der Waals surface area contributed by atoms with E-state index in [2.05, 4.69) is 15.5 Å². The van der Waals surface area contributed by atoms with Crippen LogP contribution in [0.5, 0.6) is 17.2 Å². The van der Waals surface area contributed by atoms with Gasteiger partial charge in [0.1, 0.15) is 18.4 Å². The Morgan fingerprint density at radius 1 is 1.02 bits per heavy atom. The van der Waals surface area contributed by atoms with Crippen LogP contribution in [-0.2, 0) is 25.6 Å². The lowest BCUT2D eigenvalue weighted by Crippen LogP contribution is -2.62. The molecular formula is C31H38N4O8. The van der Waals surface area contributed by atoms with E-state index in [0.717, 1.165) is 12.0 Å². The second-order valence-corrected chi connectivity index (χ2v) is 11.3. The zero-order chi connectivity index (χ0) is 29.8. The first-order chi connectivity index (χ1) is 21.0. The molecule has 0 saturated carbocycles. The molecule has 230 valence electrons. The second kappa shape index (κ2) is 13.2. The molecule has 12 nitrogen and oxygen atoms in total. The van der Waals surface area contributed by atoms with Crippen LogP contribution in [0.15, 0.2) is 42.5 Å². The smallest absolute Gasteiger partial charge is 0.258 e. The van der Waals surface area contributed by atoms with Crippen molar-refractivity contribution in [3.8, 4) is 17.2 Å². The van der Waals surface area contributed by atoms with Crippen LogP contribution >= 0.6 is 0 Å². The number of nitrogens with zero attached hydrogens (tertiary/aromatic N) is 2. The summed E-state index contributed by atoms with van der Waals surface area (Å²) >= 11 is 0. The van der Waals surface area contributed by atoms with Crippen LogP contribution < -0.4 is 24.8 Å². The highest BCUT2D eigenvalue weighted by Gasteiger charge is 2.39. The Balaban J connectivity index is 1.23. The van der Waals surface area contributed by atoms with Gasteiger partial charge in [0.25, 0.3) is 5.91 Å². The molecule has 12 heteroatoms. The van der Waals surface area contributed by atoms with Gasteiger partial charge < -0.3 is 39.2 Å². The first-order valence-corrected chi connectivity index (χ1v) is 14.8. The van der Waals surface area contributed by atoms with Crippen molar-refractivity contribution in [2.75, 3.05) is 53.3 Å². The number of para-hydroxylation sites is 1. The molecule has 43 heavy (non-hydrogen) atoms. The summed E-state index contributed by atoms with van der Waals surface area (Å²) in [4.78, 5) is 43.9. The standard InChI is InChI=1S/C31H38N4O8/c1-39-18-29(36)33-23-8-7-21-10-13-40-25-5-3-2-4-22(25)31(38)35-12-11-34(17-24(35)30(37)32-15-28(23)43-21)16-20-6-9-26-27(14-20)42-19-41-26/h2-6,9,14,21,23-24,28H,7-8,10-13,15-19H2,1H3,(H,32,37)(H,33,36)/t21-,23+,24-,28+/m0/s1. The highest BCUT2D eigenvalue weighted by atomic mass is 16.7. The van der Waals surface area contributed by atoms with E-state index in [-0.39, 0.29) is 49.8 Å². The van der Waals surface area contributed by atoms with E-state index in [9.17, 15) is 14.4 Å². The number of amides is 3. The maximum absolute atomic E-state index is 13.9. The molecule has 4 heterocycles. The van der Waals surface area contributed by atoms with E-state index < -0.39 is 12.1 Å². The molecule has 2 aromatic carbocycles. The van der Waals surface area contributed by atoms with Gasteiger partial charge in [-0.05, 0) is 42.7 Å². The molecule has 2 bridgehead atoms. The van der Waals surface area contributed by atoms with Gasteiger partial charge >= 0.3 is 0 Å². The number of fused-ring (bicyclic) bond motifs is 5. The van der Waals surface area contributed by atoms with Gasteiger partial charge in [-0.25, -0.2) is 0 Å². The van der Waals surface area contributed by atoms with Crippen LogP contribution in [0.25, 0.3) is 0 Å². The minimum absolute atomic E-state index is 0.0510. The van der Waals surface area contributed by atoms with Gasteiger partial charge in [-0.15, -0.1) is 0 Å². The van der Waals surface area contributed by atoms with Crippen LogP contribution in [0, 0.1) is 0 Å². The van der Waals surface area contributed by atoms with Crippen molar-refractivity contribution in [3.05, 3.63) is 53.6 Å². The SMILES string of the molecule is COCC(=O)N[C@@H]1CC[C@H]2CCOc3ccccc3C(=O)N3CCN(Cc4ccc5c(c4)OCO5)C[C@H]3C(=O)NC[C@H]1O2. The van der Waals surface area contributed by atoms with Gasteiger partial charge in [0.15, 0.2) is 11.5 Å². The van der Waals surface area contributed by atoms with Crippen molar-refractivity contribution >= 4 is 17.7 Å². The number of carbonyl (C=O) groups is 3. The Hall–Kier alpha value is -3.87. The summed E-state index contributed by atoms with van der Waals surface area (Å²) in [5.41, 5.74) is 1.46. The lowest BCUT2D eigenvalue weighted by atomic mass is 9.96. The second-order valence-electron chi connectivity index (χ2n) is 11.3. The van der Waals surface area contributed by atoms with Crippen LogP contribution in [-0.4, -0.2) is 105 Å². The van der Waals surface area contributed by atoms with Crippen molar-refractivity contribution in [1.29, 1.82) is 0 Å². The van der Waals surface area contributed by atoms with Gasteiger partial charge in [-0.2, -0.15) is 0 Å². The third-order valence-electron chi connectivity index (χ3n) is 8.40. The van der Waals surface area contributed by atoms with Crippen LogP contribution in [0.3, 0.4) is 0 Å². The largest absolute Gasteiger partial charge is 0.493 e. The first-order valence-electron chi connectivity index (χ1n) is 14.8. The van der Waals surface area contributed by atoms with Crippen molar-refractivity contribution < 1.29 is 38.1 Å². The molecule has 0 spiro atoms. The first kappa shape index (κ1) is 29.2. The van der Waals surface area contributed by atoms with Gasteiger partial charge in [0, 0.05) is 46.3 Å². The van der Waals surface area contributed by atoms with Crippen LogP contribution in [0.4, 0.5) is 0 Å². The zero-order valence-corrected chi connectivity index (χ0v) is 24.3. The molecule has 2 fully saturated rings. The molecule has 6 rings (SSSR count). The molecule has 4 atom stereocenters. The molecule has 0 radical (unpaired) electrons. The minimum atomic E-state index is -0.743. The summed E-state index contributed by atoms with van der Waals surface area (Å²) in [6.45, 7) is 2.62. The molecule has 4 aliphatic heterocycles. The average molecular weight is 595 g/mol. The highest BCUT2D eigenvalue weighted by molar-refractivity contribution is 6.00. The van der Waals surface area contributed by atoms with E-state index in [0.29, 0.717) is 68.4 Å². The lowest BCUT2D eigenvalue weighted by Gasteiger charge is -2.42. The third kappa shape index (κ3) is 6.71. The van der Waals surface area contributed by atoms with E-state index in [1.165, 1.54) is 7.11 Å². The van der Waals surface area contributed by atoms with E-state index in [1.54, 1.807) is 23.1 Å². The fourth-order valence-corrected chi connectivity index (χ4v) is 6.20. The molecule has 0 unspecified atom stereocenters. The number of ether oxygens (including phenoxy) is 5. The summed E-state index contributed by atoms with van der Waals surface area (Å²) in [5, 5.41) is 6.04. The maximum atomic E-state index is 13.9. The van der Waals surface area contributed by atoms with E-state index in [4.69, 9.17) is 23.7 Å². The van der Waals surface area contributed by atoms with E-state index in [1.807, 2.05) is 24.3 Å². The van der Waals surface area contributed by atoms with Gasteiger partial charge in [-0.1, -0.05) is 18.2 Å². The molecule has 2 aromatic rings. The number of piperazine rings is 1. The summed E-state index contributed by atoms with van der Waals surface area (Å²) in [5.74, 6) is 1.17. The Kier molecular flexibility index (Phi) is 8.96. The van der Waals surface area contributed by atoms with Gasteiger partial charge in [0.2, 0.25) is 18.6 Å². The van der Waals surface area contributed by atoms with Crippen molar-refractivity contribution in [1.82, 2.24) is 20.4 Å². The Morgan fingerprint density at radius 3 is 2.77 bits per heavy atom. The summed E-state index contributed by atoms with van der Waals surface area (Å²) < 4.78 is 28.5. The van der Waals surface area contributed by atoms with Gasteiger partial charge in [0.05, 0.1) is 30.4 Å². The molecule has 0 aliphatic carbocycles. The number of carbonyl (C=O) groups excluding carboxylic acids is 3. The Bertz CT molecular complexity index is 1340. The molecular weight excluding hydrogens is 556 g/mol. The summed E-state index contributed by atoms with van der Waals surface area (Å²) in [6.07, 6.45) is 1.52. The normalized spacial score (nSPS) is 25.9.